The van der Waals surface area contributed by atoms with Crippen LogP contribution in [0.4, 0.5) is 0 Å². The average Bonchev–Trinajstić information content (AvgIpc) is 3.09. The Labute approximate surface area is 156 Å². The van der Waals surface area contributed by atoms with Gasteiger partial charge in [0.15, 0.2) is 0 Å². The summed E-state index contributed by atoms with van der Waals surface area (Å²) in [5.74, 6) is -0.867. The zero-order chi connectivity index (χ0) is 19.2. The molecule has 0 saturated carbocycles. The highest BCUT2D eigenvalue weighted by molar-refractivity contribution is 5.66. The molecule has 0 N–H and O–H groups in total. The molecule has 0 bridgehead atoms. The monoisotopic (exact) mass is 371 g/mol. The molecule has 2 aromatic rings. The van der Waals surface area contributed by atoms with Crippen LogP contribution < -0.4 is 0 Å². The molecule has 27 heavy (non-hydrogen) atoms. The van der Waals surface area contributed by atoms with Crippen molar-refractivity contribution < 1.29 is 23.8 Å². The molecule has 3 rings (SSSR count). The summed E-state index contributed by atoms with van der Waals surface area (Å²) in [4.78, 5) is 22.4. The summed E-state index contributed by atoms with van der Waals surface area (Å²) in [6.07, 6.45) is 3.57. The number of rotatable bonds is 6. The predicted molar refractivity (Wildman–Crippen MR) is 94.5 cm³/mol. The molecule has 0 fully saturated rings. The van der Waals surface area contributed by atoms with E-state index in [1.807, 2.05) is 30.3 Å². The van der Waals surface area contributed by atoms with Crippen LogP contribution >= 0.6 is 0 Å². The van der Waals surface area contributed by atoms with Gasteiger partial charge in [-0.2, -0.15) is 0 Å². The maximum atomic E-state index is 11.3. The molecular formula is C19H21N3O5. The maximum absolute atomic E-state index is 11.3. The number of carbonyl (C=O) groups excluding carboxylic acids is 2. The smallest absolute Gasteiger partial charge is 0.303 e. The fraction of sp³-hybridized carbons (Fsp3) is 0.368. The summed E-state index contributed by atoms with van der Waals surface area (Å²) in [7, 11) is 0. The van der Waals surface area contributed by atoms with Crippen molar-refractivity contribution in [2.75, 3.05) is 6.61 Å². The number of esters is 2. The Morgan fingerprint density at radius 2 is 1.93 bits per heavy atom. The molecule has 1 aliphatic heterocycles. The minimum absolute atomic E-state index is 0.0216. The zero-order valence-corrected chi connectivity index (χ0v) is 15.1. The second kappa shape index (κ2) is 8.59. The van der Waals surface area contributed by atoms with Gasteiger partial charge in [0.25, 0.3) is 0 Å². The van der Waals surface area contributed by atoms with Gasteiger partial charge in [-0.3, -0.25) is 9.59 Å². The van der Waals surface area contributed by atoms with Gasteiger partial charge in [0.2, 0.25) is 0 Å². The molecule has 0 saturated heterocycles. The minimum atomic E-state index is -0.627. The van der Waals surface area contributed by atoms with Crippen LogP contribution in [0.2, 0.25) is 0 Å². The van der Waals surface area contributed by atoms with Gasteiger partial charge in [-0.15, -0.1) is 5.10 Å². The topological polar surface area (TPSA) is 92.5 Å². The molecule has 142 valence electrons. The number of hydrogen-bond donors (Lipinski definition) is 0. The van der Waals surface area contributed by atoms with Crippen LogP contribution in [0.1, 0.15) is 31.2 Å². The Hall–Kier alpha value is -3.00. The summed E-state index contributed by atoms with van der Waals surface area (Å²) < 4.78 is 17.9. The highest BCUT2D eigenvalue weighted by Crippen LogP contribution is 2.26. The minimum Gasteiger partial charge on any atom is -0.463 e. The van der Waals surface area contributed by atoms with E-state index in [1.54, 1.807) is 23.0 Å². The van der Waals surface area contributed by atoms with Crippen molar-refractivity contribution in [1.29, 1.82) is 0 Å². The first-order chi connectivity index (χ1) is 13.0. The third-order valence-electron chi connectivity index (χ3n) is 3.95. The van der Waals surface area contributed by atoms with E-state index in [0.717, 1.165) is 5.56 Å². The fourth-order valence-corrected chi connectivity index (χ4v) is 2.75. The lowest BCUT2D eigenvalue weighted by Crippen LogP contribution is -2.39. The second-order valence-electron chi connectivity index (χ2n) is 6.18. The molecule has 1 aliphatic rings. The SMILES string of the molecule is CC(=O)OC[C@H]1O[C@H](c2cn(Cc3ccccc3)nn2)C=C[C@@H]1OC(C)=O. The number of aromatic nitrogens is 3. The number of benzene rings is 1. The largest absolute Gasteiger partial charge is 0.463 e. The number of hydrogen-bond acceptors (Lipinski definition) is 7. The molecule has 8 heteroatoms. The number of ether oxygens (including phenoxy) is 3. The molecule has 0 radical (unpaired) electrons. The highest BCUT2D eigenvalue weighted by Gasteiger charge is 2.32. The van der Waals surface area contributed by atoms with Crippen molar-refractivity contribution in [1.82, 2.24) is 15.0 Å². The first-order valence-electron chi connectivity index (χ1n) is 8.59. The van der Waals surface area contributed by atoms with E-state index in [-0.39, 0.29) is 6.61 Å². The third-order valence-corrected chi connectivity index (χ3v) is 3.95. The number of nitrogens with zero attached hydrogens (tertiary/aromatic N) is 3. The summed E-state index contributed by atoms with van der Waals surface area (Å²) >= 11 is 0. The third kappa shape index (κ3) is 5.24. The lowest BCUT2D eigenvalue weighted by molar-refractivity contribution is -0.163. The van der Waals surface area contributed by atoms with Gasteiger partial charge in [0, 0.05) is 13.8 Å². The van der Waals surface area contributed by atoms with Crippen molar-refractivity contribution in [3.05, 3.63) is 59.9 Å². The van der Waals surface area contributed by atoms with Crippen LogP contribution in [-0.2, 0) is 30.3 Å². The lowest BCUT2D eigenvalue weighted by atomic mass is 10.1. The van der Waals surface area contributed by atoms with Crippen molar-refractivity contribution in [3.63, 3.8) is 0 Å². The van der Waals surface area contributed by atoms with E-state index in [9.17, 15) is 9.59 Å². The van der Waals surface area contributed by atoms with Crippen LogP contribution in [-0.4, -0.2) is 45.7 Å². The molecule has 8 nitrogen and oxygen atoms in total. The molecule has 0 amide bonds. The highest BCUT2D eigenvalue weighted by atomic mass is 16.6. The van der Waals surface area contributed by atoms with Crippen molar-refractivity contribution in [2.24, 2.45) is 0 Å². The predicted octanol–water partition coefficient (Wildman–Crippen LogP) is 1.82. The average molecular weight is 371 g/mol. The molecule has 3 atom stereocenters. The van der Waals surface area contributed by atoms with E-state index in [1.165, 1.54) is 13.8 Å². The van der Waals surface area contributed by atoms with E-state index in [0.29, 0.717) is 12.2 Å². The Morgan fingerprint density at radius 3 is 2.63 bits per heavy atom. The first kappa shape index (κ1) is 18.8. The molecular weight excluding hydrogens is 350 g/mol. The van der Waals surface area contributed by atoms with Gasteiger partial charge in [-0.1, -0.05) is 35.5 Å². The van der Waals surface area contributed by atoms with Gasteiger partial charge in [0.05, 0.1) is 12.7 Å². The first-order valence-corrected chi connectivity index (χ1v) is 8.59. The van der Waals surface area contributed by atoms with Gasteiger partial charge < -0.3 is 14.2 Å². The van der Waals surface area contributed by atoms with Crippen molar-refractivity contribution in [3.8, 4) is 0 Å². The molecule has 1 aromatic carbocycles. The van der Waals surface area contributed by atoms with Crippen LogP contribution in [0.5, 0.6) is 0 Å². The Balaban J connectivity index is 1.70. The van der Waals surface area contributed by atoms with Gasteiger partial charge in [-0.25, -0.2) is 4.68 Å². The molecule has 0 unspecified atom stereocenters. The maximum Gasteiger partial charge on any atom is 0.303 e. The van der Waals surface area contributed by atoms with E-state index in [4.69, 9.17) is 14.2 Å². The molecule has 1 aromatic heterocycles. The van der Waals surface area contributed by atoms with E-state index in [2.05, 4.69) is 10.3 Å². The Bertz CT molecular complexity index is 818. The summed E-state index contributed by atoms with van der Waals surface area (Å²) in [5, 5.41) is 8.31. The van der Waals surface area contributed by atoms with Crippen molar-refractivity contribution >= 4 is 11.9 Å². The van der Waals surface area contributed by atoms with Gasteiger partial charge >= 0.3 is 11.9 Å². The fourth-order valence-electron chi connectivity index (χ4n) is 2.75. The van der Waals surface area contributed by atoms with Crippen LogP contribution in [0.3, 0.4) is 0 Å². The summed E-state index contributed by atoms with van der Waals surface area (Å²) in [6.45, 7) is 3.20. The summed E-state index contributed by atoms with van der Waals surface area (Å²) in [5.41, 5.74) is 1.73. The van der Waals surface area contributed by atoms with Crippen LogP contribution in [0.15, 0.2) is 48.7 Å². The quantitative estimate of drug-likeness (QED) is 0.565. The van der Waals surface area contributed by atoms with Crippen LogP contribution in [0, 0.1) is 0 Å². The Kier molecular flexibility index (Phi) is 5.97. The van der Waals surface area contributed by atoms with Gasteiger partial charge in [-0.05, 0) is 17.7 Å². The van der Waals surface area contributed by atoms with E-state index >= 15 is 0 Å². The molecule has 2 heterocycles. The normalized spacial score (nSPS) is 21.6. The molecule has 0 aliphatic carbocycles. The van der Waals surface area contributed by atoms with Crippen LogP contribution in [0.25, 0.3) is 0 Å². The Morgan fingerprint density at radius 1 is 1.15 bits per heavy atom. The summed E-state index contributed by atoms with van der Waals surface area (Å²) in [6, 6.07) is 9.91. The van der Waals surface area contributed by atoms with Gasteiger partial charge in [0.1, 0.15) is 30.6 Å². The van der Waals surface area contributed by atoms with Crippen molar-refractivity contribution in [2.45, 2.75) is 38.7 Å². The molecule has 0 spiro atoms. The van der Waals surface area contributed by atoms with E-state index < -0.39 is 30.3 Å². The second-order valence-corrected chi connectivity index (χ2v) is 6.18. The lowest BCUT2D eigenvalue weighted by Gasteiger charge is -2.30. The zero-order valence-electron chi connectivity index (χ0n) is 15.1. The standard InChI is InChI=1S/C19H21N3O5/c1-13(23)25-12-19-18(26-14(2)24)9-8-17(27-19)16-11-22(21-20-16)10-15-6-4-3-5-7-15/h3-9,11,17-19H,10,12H2,1-2H3/t17-,18-,19+/m0/s1. The number of carbonyl (C=O) groups is 2.